The summed E-state index contributed by atoms with van der Waals surface area (Å²) in [6, 6.07) is 21.3. The zero-order valence-electron chi connectivity index (χ0n) is 25.5. The predicted octanol–water partition coefficient (Wildman–Crippen LogP) is 7.45. The van der Waals surface area contributed by atoms with E-state index in [1.165, 1.54) is 29.2 Å². The first-order valence-corrected chi connectivity index (χ1v) is 17.1. The Morgan fingerprint density at radius 2 is 1.67 bits per heavy atom. The fourth-order valence-corrected chi connectivity index (χ4v) is 7.39. The molecule has 1 amide bonds. The van der Waals surface area contributed by atoms with Gasteiger partial charge >= 0.3 is 6.36 Å². The minimum atomic E-state index is -5.18. The largest absolute Gasteiger partial charge is 0.573 e. The first kappa shape index (κ1) is 34.3. The number of hydrogen-bond donors (Lipinski definition) is 2. The number of ether oxygens (including phenoxy) is 1. The molecule has 9 nitrogen and oxygen atoms in total. The van der Waals surface area contributed by atoms with E-state index in [9.17, 15) is 26.4 Å². The third kappa shape index (κ3) is 7.86. The van der Waals surface area contributed by atoms with E-state index in [0.29, 0.717) is 53.8 Å². The van der Waals surface area contributed by atoms with E-state index in [1.807, 2.05) is 18.2 Å². The number of anilines is 2. The molecule has 0 radical (unpaired) electrons. The summed E-state index contributed by atoms with van der Waals surface area (Å²) in [5, 5.41) is 1.79. The second-order valence-electron chi connectivity index (χ2n) is 11.3. The minimum absolute atomic E-state index is 0.105. The number of rotatable bonds is 8. The smallest absolute Gasteiger partial charge is 0.404 e. The summed E-state index contributed by atoms with van der Waals surface area (Å²) in [5.74, 6) is -1.42. The van der Waals surface area contributed by atoms with Crippen LogP contribution >= 0.6 is 23.2 Å². The van der Waals surface area contributed by atoms with Crippen molar-refractivity contribution in [1.82, 2.24) is 14.8 Å². The third-order valence-electron chi connectivity index (χ3n) is 7.98. The molecule has 1 aromatic heterocycles. The van der Waals surface area contributed by atoms with E-state index in [1.54, 1.807) is 36.5 Å². The van der Waals surface area contributed by atoms with Gasteiger partial charge in [0.05, 0.1) is 16.1 Å². The van der Waals surface area contributed by atoms with Gasteiger partial charge in [0.15, 0.2) is 5.75 Å². The molecule has 2 heterocycles. The average Bonchev–Trinajstić information content (AvgIpc) is 3.05. The molecule has 5 aromatic rings. The molecule has 0 aliphatic carbocycles. The van der Waals surface area contributed by atoms with Gasteiger partial charge in [-0.3, -0.25) is 19.4 Å². The number of sulfonamides is 1. The Bertz CT molecular complexity index is 2160. The first-order valence-electron chi connectivity index (χ1n) is 14.9. The standard InChI is InChI=1S/C34H28Cl2F3N5O4S/c35-24-8-6-23(28(36)18-24)20-43-13-15-44(16-14-43)33(45)22-7-10-29(30(17-22)48-34(37,38)39)42-49(46,47)31-11-9-25(40)19-27(31)26-5-1-3-21-4-2-12-41-32(21)26/h1-12,17-19,42H,13-16,20,40H2. The number of nitrogens with two attached hydrogens (primary N) is 1. The summed E-state index contributed by atoms with van der Waals surface area (Å²) in [6.07, 6.45) is -3.62. The Balaban J connectivity index is 1.25. The maximum Gasteiger partial charge on any atom is 0.573 e. The zero-order chi connectivity index (χ0) is 34.9. The molecule has 0 bridgehead atoms. The number of aromatic nitrogens is 1. The number of para-hydroxylation sites is 1. The van der Waals surface area contributed by atoms with Crippen LogP contribution in [0.25, 0.3) is 22.0 Å². The monoisotopic (exact) mass is 729 g/mol. The van der Waals surface area contributed by atoms with Gasteiger partial charge in [-0.25, -0.2) is 8.42 Å². The van der Waals surface area contributed by atoms with Gasteiger partial charge in [0, 0.05) is 76.7 Å². The Hall–Kier alpha value is -4.56. The predicted molar refractivity (Wildman–Crippen MR) is 183 cm³/mol. The lowest BCUT2D eigenvalue weighted by atomic mass is 10.0. The second-order valence-corrected chi connectivity index (χ2v) is 13.8. The summed E-state index contributed by atoms with van der Waals surface area (Å²) >= 11 is 12.3. The van der Waals surface area contributed by atoms with Crippen molar-refractivity contribution >= 4 is 61.4 Å². The maximum absolute atomic E-state index is 13.8. The zero-order valence-corrected chi connectivity index (χ0v) is 27.9. The fraction of sp³-hybridized carbons (Fsp3) is 0.176. The summed E-state index contributed by atoms with van der Waals surface area (Å²) in [5.41, 5.74) is 7.70. The number of amides is 1. The van der Waals surface area contributed by atoms with Crippen LogP contribution in [0.3, 0.4) is 0 Å². The van der Waals surface area contributed by atoms with Crippen molar-refractivity contribution in [1.29, 1.82) is 0 Å². The highest BCUT2D eigenvalue weighted by Crippen LogP contribution is 2.37. The molecular weight excluding hydrogens is 702 g/mol. The molecule has 0 unspecified atom stereocenters. The normalized spacial score (nSPS) is 14.2. The van der Waals surface area contributed by atoms with Crippen LogP contribution in [0.1, 0.15) is 15.9 Å². The van der Waals surface area contributed by atoms with Crippen molar-refractivity contribution in [3.8, 4) is 16.9 Å². The molecule has 6 rings (SSSR count). The van der Waals surface area contributed by atoms with E-state index >= 15 is 0 Å². The number of nitrogens with one attached hydrogen (secondary N) is 1. The Morgan fingerprint density at radius 1 is 0.918 bits per heavy atom. The molecule has 1 aliphatic heterocycles. The Morgan fingerprint density at radius 3 is 2.41 bits per heavy atom. The number of hydrogen-bond acceptors (Lipinski definition) is 7. The molecule has 0 atom stereocenters. The van der Waals surface area contributed by atoms with Crippen LogP contribution in [-0.4, -0.2) is 61.7 Å². The van der Waals surface area contributed by atoms with E-state index in [2.05, 4.69) is 19.3 Å². The molecule has 254 valence electrons. The highest BCUT2D eigenvalue weighted by Gasteiger charge is 2.34. The number of nitrogen functional groups attached to an aromatic ring is 1. The van der Waals surface area contributed by atoms with Crippen LogP contribution in [0.2, 0.25) is 10.0 Å². The molecule has 4 aromatic carbocycles. The van der Waals surface area contributed by atoms with Crippen molar-refractivity contribution < 1.29 is 31.1 Å². The molecule has 1 aliphatic rings. The van der Waals surface area contributed by atoms with Gasteiger partial charge in [0.25, 0.3) is 15.9 Å². The van der Waals surface area contributed by atoms with Crippen molar-refractivity contribution in [2.24, 2.45) is 0 Å². The van der Waals surface area contributed by atoms with Crippen molar-refractivity contribution in [3.63, 3.8) is 0 Å². The van der Waals surface area contributed by atoms with Gasteiger partial charge in [-0.1, -0.05) is 53.5 Å². The summed E-state index contributed by atoms with van der Waals surface area (Å²) in [6.45, 7) is 2.12. The lowest BCUT2D eigenvalue weighted by molar-refractivity contribution is -0.274. The summed E-state index contributed by atoms with van der Waals surface area (Å²) in [7, 11) is -4.55. The van der Waals surface area contributed by atoms with Gasteiger partial charge in [-0.05, 0) is 60.2 Å². The van der Waals surface area contributed by atoms with Gasteiger partial charge in [-0.2, -0.15) is 0 Å². The van der Waals surface area contributed by atoms with Gasteiger partial charge in [0.2, 0.25) is 0 Å². The Kier molecular flexibility index (Phi) is 9.63. The van der Waals surface area contributed by atoms with E-state index in [4.69, 9.17) is 28.9 Å². The lowest BCUT2D eigenvalue weighted by Crippen LogP contribution is -2.48. The van der Waals surface area contributed by atoms with Crippen molar-refractivity contribution in [2.45, 2.75) is 17.8 Å². The third-order valence-corrected chi connectivity index (χ3v) is 9.99. The fourth-order valence-electron chi connectivity index (χ4n) is 5.64. The van der Waals surface area contributed by atoms with E-state index in [0.717, 1.165) is 23.1 Å². The highest BCUT2D eigenvalue weighted by molar-refractivity contribution is 7.92. The molecule has 1 saturated heterocycles. The number of nitrogens with zero attached hydrogens (tertiary/aromatic N) is 3. The number of alkyl halides is 3. The van der Waals surface area contributed by atoms with Gasteiger partial charge in [0.1, 0.15) is 0 Å². The lowest BCUT2D eigenvalue weighted by Gasteiger charge is -2.35. The van der Waals surface area contributed by atoms with E-state index < -0.39 is 33.7 Å². The number of benzene rings is 4. The second kappa shape index (κ2) is 13.7. The maximum atomic E-state index is 13.8. The molecule has 0 saturated carbocycles. The molecule has 0 spiro atoms. The van der Waals surface area contributed by atoms with Crippen LogP contribution in [0.5, 0.6) is 5.75 Å². The number of halogens is 5. The number of carbonyl (C=O) groups excluding carboxylic acids is 1. The number of pyridine rings is 1. The number of piperazine rings is 1. The van der Waals surface area contributed by atoms with Crippen LogP contribution in [-0.2, 0) is 16.6 Å². The van der Waals surface area contributed by atoms with Gasteiger partial charge in [-0.15, -0.1) is 13.2 Å². The summed E-state index contributed by atoms with van der Waals surface area (Å²) < 4.78 is 74.8. The van der Waals surface area contributed by atoms with Crippen LogP contribution < -0.4 is 15.2 Å². The van der Waals surface area contributed by atoms with Crippen molar-refractivity contribution in [3.05, 3.63) is 112 Å². The topological polar surface area (TPSA) is 118 Å². The SMILES string of the molecule is Nc1ccc(S(=O)(=O)Nc2ccc(C(=O)N3CCN(Cc4ccc(Cl)cc4Cl)CC3)cc2OC(F)(F)F)c(-c2cccc3cccnc23)c1. The molecule has 3 N–H and O–H groups in total. The average molecular weight is 731 g/mol. The highest BCUT2D eigenvalue weighted by atomic mass is 35.5. The summed E-state index contributed by atoms with van der Waals surface area (Å²) in [4.78, 5) is 21.2. The Labute approximate surface area is 290 Å². The molecule has 49 heavy (non-hydrogen) atoms. The minimum Gasteiger partial charge on any atom is -0.404 e. The van der Waals surface area contributed by atoms with E-state index in [-0.39, 0.29) is 21.7 Å². The number of carbonyl (C=O) groups is 1. The van der Waals surface area contributed by atoms with Crippen LogP contribution in [0.15, 0.2) is 96.0 Å². The number of fused-ring (bicyclic) bond motifs is 1. The van der Waals surface area contributed by atoms with Crippen molar-refractivity contribution in [2.75, 3.05) is 36.6 Å². The molecular formula is C34H28Cl2F3N5O4S. The first-order chi connectivity index (χ1) is 23.3. The van der Waals surface area contributed by atoms with Gasteiger partial charge < -0.3 is 15.4 Å². The molecule has 1 fully saturated rings. The van der Waals surface area contributed by atoms with Crippen LogP contribution in [0.4, 0.5) is 24.5 Å². The van der Waals surface area contributed by atoms with Crippen LogP contribution in [0, 0.1) is 0 Å². The quantitative estimate of drug-likeness (QED) is 0.159. The molecule has 15 heteroatoms.